The van der Waals surface area contributed by atoms with Crippen LogP contribution < -0.4 is 27.2 Å². The fourth-order valence-electron chi connectivity index (χ4n) is 3.03. The Labute approximate surface area is 198 Å². The van der Waals surface area contributed by atoms with Crippen molar-refractivity contribution in [1.29, 1.82) is 0 Å². The average Bonchev–Trinajstić information content (AvgIpc) is 2.83. The van der Waals surface area contributed by atoms with Gasteiger partial charge in [0.25, 0.3) is 0 Å². The first-order valence-electron chi connectivity index (χ1n) is 10.0. The molecule has 10 nitrogen and oxygen atoms in total. The summed E-state index contributed by atoms with van der Waals surface area (Å²) in [6.07, 6.45) is 1.33. The van der Waals surface area contributed by atoms with Crippen molar-refractivity contribution in [3.8, 4) is 11.6 Å². The van der Waals surface area contributed by atoms with E-state index < -0.39 is 17.3 Å². The first kappa shape index (κ1) is 22.7. The van der Waals surface area contributed by atoms with Crippen LogP contribution in [0.4, 0.5) is 11.6 Å². The lowest BCUT2D eigenvalue weighted by Gasteiger charge is -2.14. The number of halogens is 1. The third-order valence-electron chi connectivity index (χ3n) is 4.87. The van der Waals surface area contributed by atoms with Crippen LogP contribution in [-0.2, 0) is 13.6 Å². The summed E-state index contributed by atoms with van der Waals surface area (Å²) < 4.78 is 7.96. The highest BCUT2D eigenvalue weighted by Crippen LogP contribution is 2.23. The lowest BCUT2D eigenvalue weighted by molar-refractivity contribution is 0.1000. The van der Waals surface area contributed by atoms with Crippen molar-refractivity contribution in [3.05, 3.63) is 104 Å². The lowest BCUT2D eigenvalue weighted by atomic mass is 10.2. The van der Waals surface area contributed by atoms with Crippen LogP contribution >= 0.6 is 11.6 Å². The van der Waals surface area contributed by atoms with Crippen molar-refractivity contribution in [3.63, 3.8) is 0 Å². The molecule has 34 heavy (non-hydrogen) atoms. The predicted molar refractivity (Wildman–Crippen MR) is 127 cm³/mol. The molecule has 2 heterocycles. The van der Waals surface area contributed by atoms with Crippen LogP contribution in [0.25, 0.3) is 0 Å². The van der Waals surface area contributed by atoms with Gasteiger partial charge in [-0.25, -0.2) is 19.1 Å². The highest BCUT2D eigenvalue weighted by Gasteiger charge is 2.12. The van der Waals surface area contributed by atoms with E-state index in [1.807, 2.05) is 0 Å². The second-order valence-electron chi connectivity index (χ2n) is 7.27. The zero-order valence-electron chi connectivity index (χ0n) is 17.9. The van der Waals surface area contributed by atoms with E-state index in [1.165, 1.54) is 29.9 Å². The number of carbonyl (C=O) groups is 1. The number of benzene rings is 2. The highest BCUT2D eigenvalue weighted by molar-refractivity contribution is 6.30. The molecule has 11 heteroatoms. The molecule has 2 aromatic carbocycles. The Morgan fingerprint density at radius 1 is 1.06 bits per heavy atom. The minimum Gasteiger partial charge on any atom is -0.439 e. The quantitative estimate of drug-likeness (QED) is 0.417. The van der Waals surface area contributed by atoms with E-state index >= 15 is 0 Å². The molecule has 0 spiro atoms. The van der Waals surface area contributed by atoms with Gasteiger partial charge < -0.3 is 15.8 Å². The molecular formula is C23H19ClN6O4. The van der Waals surface area contributed by atoms with E-state index in [9.17, 15) is 14.4 Å². The molecule has 0 bridgehead atoms. The zero-order valence-corrected chi connectivity index (χ0v) is 18.7. The van der Waals surface area contributed by atoms with Crippen LogP contribution in [0, 0.1) is 0 Å². The topological polar surface area (TPSA) is 134 Å². The van der Waals surface area contributed by atoms with Gasteiger partial charge >= 0.3 is 11.4 Å². The summed E-state index contributed by atoms with van der Waals surface area (Å²) in [5, 5.41) is 3.59. The second-order valence-corrected chi connectivity index (χ2v) is 7.71. The van der Waals surface area contributed by atoms with Crippen molar-refractivity contribution < 1.29 is 9.53 Å². The van der Waals surface area contributed by atoms with Crippen molar-refractivity contribution in [2.75, 3.05) is 5.32 Å². The molecular weight excluding hydrogens is 460 g/mol. The van der Waals surface area contributed by atoms with Gasteiger partial charge in [-0.15, -0.1) is 0 Å². The van der Waals surface area contributed by atoms with E-state index in [0.717, 1.165) is 10.1 Å². The first-order valence-corrected chi connectivity index (χ1v) is 10.4. The Morgan fingerprint density at radius 2 is 1.76 bits per heavy atom. The zero-order chi connectivity index (χ0) is 24.2. The predicted octanol–water partition coefficient (Wildman–Crippen LogP) is 2.67. The van der Waals surface area contributed by atoms with Crippen molar-refractivity contribution >= 4 is 29.1 Å². The molecule has 172 valence electrons. The number of carbonyl (C=O) groups excluding carboxylic acids is 1. The Balaban J connectivity index is 1.56. The SMILES string of the molecule is Cn1c(=O)nc(Nc2ccc(Oc3ccc(C(N)=O)cn3)cc2)n(Cc2ccc(Cl)cc2)c1=O. The molecule has 0 aliphatic rings. The van der Waals surface area contributed by atoms with Gasteiger partial charge in [-0.1, -0.05) is 23.7 Å². The lowest BCUT2D eigenvalue weighted by Crippen LogP contribution is -2.41. The van der Waals surface area contributed by atoms with Gasteiger partial charge in [-0.05, 0) is 48.0 Å². The Kier molecular flexibility index (Phi) is 6.42. The van der Waals surface area contributed by atoms with Gasteiger partial charge in [0.1, 0.15) is 5.75 Å². The summed E-state index contributed by atoms with van der Waals surface area (Å²) in [5.41, 5.74) is 5.68. The summed E-state index contributed by atoms with van der Waals surface area (Å²) in [6.45, 7) is 0.188. The molecule has 0 aliphatic heterocycles. The van der Waals surface area contributed by atoms with Gasteiger partial charge in [0.2, 0.25) is 17.7 Å². The maximum absolute atomic E-state index is 12.8. The molecule has 0 aliphatic carbocycles. The molecule has 3 N–H and O–H groups in total. The Morgan fingerprint density at radius 3 is 2.38 bits per heavy atom. The fraction of sp³-hybridized carbons (Fsp3) is 0.0870. The number of nitrogens with one attached hydrogen (secondary N) is 1. The maximum Gasteiger partial charge on any atom is 0.354 e. The molecule has 4 aromatic rings. The summed E-state index contributed by atoms with van der Waals surface area (Å²) >= 11 is 5.94. The van der Waals surface area contributed by atoms with Crippen LogP contribution in [-0.4, -0.2) is 25.0 Å². The monoisotopic (exact) mass is 478 g/mol. The number of rotatable bonds is 7. The number of nitrogens with two attached hydrogens (primary N) is 1. The standard InChI is InChI=1S/C23H19ClN6O4/c1-29-22(32)28-21(30(23(29)33)13-14-2-5-16(24)6-3-14)27-17-7-9-18(10-8-17)34-19-11-4-15(12-26-19)20(25)31/h2-12H,13H2,1H3,(H2,25,31)(H,27,28,32). The Hall–Kier alpha value is -4.44. The average molecular weight is 479 g/mol. The normalized spacial score (nSPS) is 10.6. The maximum atomic E-state index is 12.8. The third kappa shape index (κ3) is 5.13. The minimum absolute atomic E-state index is 0.0976. The summed E-state index contributed by atoms with van der Waals surface area (Å²) in [6, 6.07) is 16.8. The fourth-order valence-corrected chi connectivity index (χ4v) is 3.16. The van der Waals surface area contributed by atoms with Crippen molar-refractivity contribution in [2.45, 2.75) is 6.54 Å². The number of ether oxygens (including phenoxy) is 1. The number of hydrogen-bond acceptors (Lipinski definition) is 7. The second kappa shape index (κ2) is 9.59. The van der Waals surface area contributed by atoms with Crippen LogP contribution in [0.3, 0.4) is 0 Å². The number of hydrogen-bond donors (Lipinski definition) is 2. The van der Waals surface area contributed by atoms with Crippen molar-refractivity contribution in [1.82, 2.24) is 19.1 Å². The van der Waals surface area contributed by atoms with Crippen LogP contribution in [0.15, 0.2) is 76.4 Å². The highest BCUT2D eigenvalue weighted by atomic mass is 35.5. The number of primary amides is 1. The van der Waals surface area contributed by atoms with E-state index in [2.05, 4.69) is 15.3 Å². The molecule has 1 amide bonds. The number of aromatic nitrogens is 4. The molecule has 0 saturated heterocycles. The molecule has 0 unspecified atom stereocenters. The summed E-state index contributed by atoms with van der Waals surface area (Å²) in [7, 11) is 1.37. The smallest absolute Gasteiger partial charge is 0.354 e. The largest absolute Gasteiger partial charge is 0.439 e. The van der Waals surface area contributed by atoms with Crippen LogP contribution in [0.1, 0.15) is 15.9 Å². The summed E-state index contributed by atoms with van der Waals surface area (Å²) in [5.74, 6) is 0.296. The minimum atomic E-state index is -0.676. The molecule has 0 radical (unpaired) electrons. The molecule has 2 aromatic heterocycles. The van der Waals surface area contributed by atoms with Crippen LogP contribution in [0.2, 0.25) is 5.02 Å². The molecule has 0 atom stereocenters. The third-order valence-corrected chi connectivity index (χ3v) is 5.12. The number of amides is 1. The van der Waals surface area contributed by atoms with Crippen molar-refractivity contribution in [2.24, 2.45) is 12.8 Å². The molecule has 0 saturated carbocycles. The first-order chi connectivity index (χ1) is 16.3. The molecule has 0 fully saturated rings. The van der Waals surface area contributed by atoms with Gasteiger partial charge in [0.05, 0.1) is 12.1 Å². The van der Waals surface area contributed by atoms with E-state index in [-0.39, 0.29) is 23.9 Å². The van der Waals surface area contributed by atoms with Gasteiger partial charge in [0.15, 0.2) is 0 Å². The molecule has 4 rings (SSSR count). The number of nitrogens with zero attached hydrogens (tertiary/aromatic N) is 4. The van der Waals surface area contributed by atoms with E-state index in [4.69, 9.17) is 22.1 Å². The van der Waals surface area contributed by atoms with Gasteiger partial charge in [-0.3, -0.25) is 9.36 Å². The van der Waals surface area contributed by atoms with Gasteiger partial charge in [0, 0.05) is 30.0 Å². The van der Waals surface area contributed by atoms with E-state index in [0.29, 0.717) is 16.5 Å². The summed E-state index contributed by atoms with van der Waals surface area (Å²) in [4.78, 5) is 44.1. The van der Waals surface area contributed by atoms with E-state index in [1.54, 1.807) is 48.5 Å². The van der Waals surface area contributed by atoms with Crippen LogP contribution in [0.5, 0.6) is 11.6 Å². The number of pyridine rings is 1. The van der Waals surface area contributed by atoms with Gasteiger partial charge in [-0.2, -0.15) is 4.98 Å². The Bertz CT molecular complexity index is 1450. The number of anilines is 2.